The van der Waals surface area contributed by atoms with E-state index in [2.05, 4.69) is 15.0 Å². The van der Waals surface area contributed by atoms with Gasteiger partial charge in [0.1, 0.15) is 11.3 Å². The molecule has 0 unspecified atom stereocenters. The number of aromatic nitrogens is 3. The molecule has 2 heterocycles. The molecule has 20 heavy (non-hydrogen) atoms. The Labute approximate surface area is 119 Å². The van der Waals surface area contributed by atoms with Crippen LogP contribution in [0, 0.1) is 0 Å². The number of imidazole rings is 1. The van der Waals surface area contributed by atoms with E-state index in [1.54, 1.807) is 30.6 Å². The molecule has 5 nitrogen and oxygen atoms in total. The Hall–Kier alpha value is -2.40. The van der Waals surface area contributed by atoms with E-state index in [1.165, 1.54) is 7.11 Å². The van der Waals surface area contributed by atoms with Gasteiger partial charge in [0.25, 0.3) is 0 Å². The maximum Gasteiger partial charge on any atom is 0.340 e. The van der Waals surface area contributed by atoms with Crippen LogP contribution in [-0.4, -0.2) is 28.0 Å². The Morgan fingerprint density at radius 1 is 1.35 bits per heavy atom. The number of H-pyrrole nitrogens is 1. The molecule has 0 radical (unpaired) electrons. The van der Waals surface area contributed by atoms with Crippen LogP contribution < -0.4 is 0 Å². The first kappa shape index (κ1) is 12.6. The molecule has 0 saturated heterocycles. The van der Waals surface area contributed by atoms with E-state index in [0.29, 0.717) is 21.9 Å². The molecule has 0 bridgehead atoms. The van der Waals surface area contributed by atoms with Crippen molar-refractivity contribution in [2.75, 3.05) is 7.11 Å². The number of ether oxygens (including phenoxy) is 1. The molecular formula is C14H10ClN3O2. The number of methoxy groups -OCH3 is 1. The van der Waals surface area contributed by atoms with Crippen molar-refractivity contribution in [3.63, 3.8) is 0 Å². The van der Waals surface area contributed by atoms with Gasteiger partial charge in [-0.3, -0.25) is 4.98 Å². The summed E-state index contributed by atoms with van der Waals surface area (Å²) < 4.78 is 4.75. The summed E-state index contributed by atoms with van der Waals surface area (Å²) in [5, 5.41) is 0.492. The minimum Gasteiger partial charge on any atom is -0.465 e. The Bertz CT molecular complexity index is 798. The summed E-state index contributed by atoms with van der Waals surface area (Å²) in [5.74, 6) is 0.165. The van der Waals surface area contributed by atoms with Gasteiger partial charge in [-0.1, -0.05) is 17.7 Å². The second kappa shape index (κ2) is 4.94. The minimum atomic E-state index is -0.422. The summed E-state index contributed by atoms with van der Waals surface area (Å²) in [5.41, 5.74) is 2.45. The van der Waals surface area contributed by atoms with Gasteiger partial charge >= 0.3 is 5.97 Å². The molecule has 6 heteroatoms. The summed E-state index contributed by atoms with van der Waals surface area (Å²) in [6.07, 6.45) is 3.18. The lowest BCUT2D eigenvalue weighted by atomic mass is 10.2. The monoisotopic (exact) mass is 287 g/mol. The summed E-state index contributed by atoms with van der Waals surface area (Å²) in [7, 11) is 1.34. The van der Waals surface area contributed by atoms with Crippen LogP contribution in [0.3, 0.4) is 0 Å². The van der Waals surface area contributed by atoms with Crippen LogP contribution in [0.5, 0.6) is 0 Å². The fourth-order valence-corrected chi connectivity index (χ4v) is 2.21. The van der Waals surface area contributed by atoms with Crippen LogP contribution in [0.1, 0.15) is 10.4 Å². The average Bonchev–Trinajstić information content (AvgIpc) is 2.90. The van der Waals surface area contributed by atoms with E-state index in [0.717, 1.165) is 11.1 Å². The first-order chi connectivity index (χ1) is 9.70. The predicted molar refractivity (Wildman–Crippen MR) is 75.7 cm³/mol. The number of aromatic amines is 1. The van der Waals surface area contributed by atoms with Crippen molar-refractivity contribution < 1.29 is 9.53 Å². The largest absolute Gasteiger partial charge is 0.465 e. The molecule has 3 rings (SSSR count). The fourth-order valence-electron chi connectivity index (χ4n) is 2.00. The van der Waals surface area contributed by atoms with Crippen molar-refractivity contribution in [3.8, 4) is 11.4 Å². The van der Waals surface area contributed by atoms with E-state index in [9.17, 15) is 4.79 Å². The summed E-state index contributed by atoms with van der Waals surface area (Å²) in [6.45, 7) is 0. The molecule has 0 aliphatic rings. The summed E-state index contributed by atoms with van der Waals surface area (Å²) in [6, 6.07) is 7.04. The number of benzene rings is 1. The zero-order valence-corrected chi connectivity index (χ0v) is 11.3. The van der Waals surface area contributed by atoms with E-state index >= 15 is 0 Å². The number of para-hydroxylation sites is 1. The number of nitrogens with zero attached hydrogens (tertiary/aromatic N) is 2. The number of esters is 1. The number of rotatable bonds is 2. The highest BCUT2D eigenvalue weighted by molar-refractivity contribution is 6.33. The van der Waals surface area contributed by atoms with Gasteiger partial charge in [-0.15, -0.1) is 0 Å². The molecule has 0 amide bonds. The van der Waals surface area contributed by atoms with Crippen molar-refractivity contribution in [2.45, 2.75) is 0 Å². The van der Waals surface area contributed by atoms with Gasteiger partial charge in [-0.25, -0.2) is 9.78 Å². The van der Waals surface area contributed by atoms with Crippen LogP contribution in [-0.2, 0) is 4.74 Å². The number of carbonyl (C=O) groups excluding carboxylic acids is 1. The van der Waals surface area contributed by atoms with Gasteiger partial charge in [-0.05, 0) is 18.2 Å². The lowest BCUT2D eigenvalue weighted by molar-refractivity contribution is 0.0603. The number of fused-ring (bicyclic) bond motifs is 1. The number of pyridine rings is 1. The second-order valence-corrected chi connectivity index (χ2v) is 4.54. The number of nitrogens with one attached hydrogen (secondary N) is 1. The summed E-state index contributed by atoms with van der Waals surface area (Å²) >= 11 is 6.10. The number of halogens is 1. The quantitative estimate of drug-likeness (QED) is 0.736. The molecule has 0 aliphatic heterocycles. The molecular weight excluding hydrogens is 278 g/mol. The standard InChI is InChI=1S/C14H10ClN3O2/c1-20-14(19)9-3-2-4-11-12(9)18-13(17-11)8-5-6-16-7-10(8)15/h2-7H,1H3,(H,17,18). The third-order valence-electron chi connectivity index (χ3n) is 2.95. The zero-order valence-electron chi connectivity index (χ0n) is 10.6. The fraction of sp³-hybridized carbons (Fsp3) is 0.0714. The Morgan fingerprint density at radius 3 is 2.95 bits per heavy atom. The SMILES string of the molecule is COC(=O)c1cccc2[nH]c(-c3ccncc3Cl)nc12. The summed E-state index contributed by atoms with van der Waals surface area (Å²) in [4.78, 5) is 23.2. The average molecular weight is 288 g/mol. The van der Waals surface area contributed by atoms with Gasteiger partial charge < -0.3 is 9.72 Å². The molecule has 0 fully saturated rings. The zero-order chi connectivity index (χ0) is 14.1. The van der Waals surface area contributed by atoms with Gasteiger partial charge in [0.15, 0.2) is 0 Å². The predicted octanol–water partition coefficient (Wildman–Crippen LogP) is 3.06. The first-order valence-corrected chi connectivity index (χ1v) is 6.25. The molecule has 100 valence electrons. The first-order valence-electron chi connectivity index (χ1n) is 5.87. The molecule has 0 spiro atoms. The molecule has 0 saturated carbocycles. The Balaban J connectivity index is 2.21. The van der Waals surface area contributed by atoms with E-state index in [1.807, 2.05) is 6.07 Å². The van der Waals surface area contributed by atoms with Crippen molar-refractivity contribution in [3.05, 3.63) is 47.2 Å². The van der Waals surface area contributed by atoms with E-state index in [-0.39, 0.29) is 0 Å². The van der Waals surface area contributed by atoms with Crippen molar-refractivity contribution in [1.82, 2.24) is 15.0 Å². The lowest BCUT2D eigenvalue weighted by Gasteiger charge is -1.99. The lowest BCUT2D eigenvalue weighted by Crippen LogP contribution is -2.01. The smallest absolute Gasteiger partial charge is 0.340 e. The normalized spacial score (nSPS) is 10.7. The van der Waals surface area contributed by atoms with Gasteiger partial charge in [0, 0.05) is 18.0 Å². The third kappa shape index (κ3) is 2.02. The Morgan fingerprint density at radius 2 is 2.20 bits per heavy atom. The second-order valence-electron chi connectivity index (χ2n) is 4.13. The van der Waals surface area contributed by atoms with Crippen LogP contribution in [0.4, 0.5) is 0 Å². The van der Waals surface area contributed by atoms with E-state index < -0.39 is 5.97 Å². The van der Waals surface area contributed by atoms with Crippen molar-refractivity contribution in [1.29, 1.82) is 0 Å². The maximum absolute atomic E-state index is 11.7. The minimum absolute atomic E-state index is 0.415. The molecule has 1 aromatic carbocycles. The highest BCUT2D eigenvalue weighted by atomic mass is 35.5. The highest BCUT2D eigenvalue weighted by Gasteiger charge is 2.15. The van der Waals surface area contributed by atoms with Gasteiger partial charge in [0.05, 0.1) is 23.2 Å². The van der Waals surface area contributed by atoms with Gasteiger partial charge in [-0.2, -0.15) is 0 Å². The molecule has 0 aliphatic carbocycles. The molecule has 2 aromatic heterocycles. The topological polar surface area (TPSA) is 67.9 Å². The molecule has 1 N–H and O–H groups in total. The van der Waals surface area contributed by atoms with Crippen LogP contribution in [0.25, 0.3) is 22.4 Å². The molecule has 0 atom stereocenters. The third-order valence-corrected chi connectivity index (χ3v) is 3.25. The highest BCUT2D eigenvalue weighted by Crippen LogP contribution is 2.27. The molecule has 3 aromatic rings. The van der Waals surface area contributed by atoms with Crippen LogP contribution in [0.15, 0.2) is 36.7 Å². The van der Waals surface area contributed by atoms with Crippen molar-refractivity contribution >= 4 is 28.6 Å². The van der Waals surface area contributed by atoms with Crippen LogP contribution in [0.2, 0.25) is 5.02 Å². The van der Waals surface area contributed by atoms with E-state index in [4.69, 9.17) is 16.3 Å². The van der Waals surface area contributed by atoms with Gasteiger partial charge in [0.2, 0.25) is 0 Å². The Kier molecular flexibility index (Phi) is 3.12. The number of hydrogen-bond donors (Lipinski definition) is 1. The van der Waals surface area contributed by atoms with Crippen molar-refractivity contribution in [2.24, 2.45) is 0 Å². The maximum atomic E-state index is 11.7. The van der Waals surface area contributed by atoms with Crippen LogP contribution >= 0.6 is 11.6 Å². The number of hydrogen-bond acceptors (Lipinski definition) is 4. The number of carbonyl (C=O) groups is 1.